The number of allylic oxidation sites excluding steroid dienone is 5. The normalized spacial score (nSPS) is 17.7. The lowest BCUT2D eigenvalue weighted by molar-refractivity contribution is 0.195. The Bertz CT molecular complexity index is 399. The van der Waals surface area contributed by atoms with Gasteiger partial charge in [0.1, 0.15) is 0 Å². The van der Waals surface area contributed by atoms with E-state index in [2.05, 4.69) is 24.0 Å². The molecule has 0 fully saturated rings. The molecule has 3 nitrogen and oxygen atoms in total. The molecule has 1 aliphatic carbocycles. The quantitative estimate of drug-likeness (QED) is 0.578. The van der Waals surface area contributed by atoms with Crippen molar-refractivity contribution in [2.75, 3.05) is 20.3 Å². The van der Waals surface area contributed by atoms with E-state index in [9.17, 15) is 0 Å². The molecular formula is C15H22N2O. The fourth-order valence-corrected chi connectivity index (χ4v) is 2.07. The third-order valence-electron chi connectivity index (χ3n) is 2.98. The van der Waals surface area contributed by atoms with Crippen LogP contribution in [0.1, 0.15) is 32.6 Å². The summed E-state index contributed by atoms with van der Waals surface area (Å²) in [6.07, 6.45) is 6.24. The maximum atomic E-state index is 9.15. The number of methoxy groups -OCH3 is 1. The Morgan fingerprint density at radius 2 is 2.33 bits per heavy atom. The van der Waals surface area contributed by atoms with E-state index in [1.54, 1.807) is 7.11 Å². The molecule has 0 spiro atoms. The van der Waals surface area contributed by atoms with Crippen molar-refractivity contribution in [3.63, 3.8) is 0 Å². The summed E-state index contributed by atoms with van der Waals surface area (Å²) in [5.74, 6) is 0. The zero-order valence-corrected chi connectivity index (χ0v) is 11.4. The van der Waals surface area contributed by atoms with E-state index in [1.807, 2.05) is 6.92 Å². The van der Waals surface area contributed by atoms with Crippen LogP contribution < -0.4 is 5.32 Å². The molecule has 0 atom stereocenters. The Balaban J connectivity index is 2.68. The van der Waals surface area contributed by atoms with Crippen LogP contribution in [-0.2, 0) is 4.74 Å². The lowest BCUT2D eigenvalue weighted by Gasteiger charge is -2.18. The number of nitrogens with zero attached hydrogens (tertiary/aromatic N) is 1. The third kappa shape index (κ3) is 4.38. The van der Waals surface area contributed by atoms with Crippen molar-refractivity contribution in [2.45, 2.75) is 32.6 Å². The minimum Gasteiger partial charge on any atom is -0.388 e. The van der Waals surface area contributed by atoms with Crippen molar-refractivity contribution in [1.29, 1.82) is 5.26 Å². The van der Waals surface area contributed by atoms with Gasteiger partial charge in [-0.05, 0) is 49.8 Å². The predicted molar refractivity (Wildman–Crippen MR) is 73.9 cm³/mol. The summed E-state index contributed by atoms with van der Waals surface area (Å²) in [7, 11) is 1.72. The van der Waals surface area contributed by atoms with E-state index >= 15 is 0 Å². The Morgan fingerprint density at radius 3 is 2.94 bits per heavy atom. The fraction of sp³-hybridized carbons (Fsp3) is 0.533. The number of nitrogens with one attached hydrogen (secondary N) is 1. The molecule has 0 saturated carbocycles. The Hall–Kier alpha value is -1.53. The molecule has 0 aromatic carbocycles. The molecular weight excluding hydrogens is 224 g/mol. The van der Waals surface area contributed by atoms with Crippen molar-refractivity contribution < 1.29 is 4.74 Å². The zero-order chi connectivity index (χ0) is 13.4. The molecule has 0 heterocycles. The first-order valence-electron chi connectivity index (χ1n) is 6.41. The van der Waals surface area contributed by atoms with Gasteiger partial charge in [0, 0.05) is 26.0 Å². The minimum absolute atomic E-state index is 0.742. The average molecular weight is 246 g/mol. The van der Waals surface area contributed by atoms with E-state index < -0.39 is 0 Å². The van der Waals surface area contributed by atoms with Crippen LogP contribution in [0.4, 0.5) is 0 Å². The van der Waals surface area contributed by atoms with Crippen LogP contribution in [0.2, 0.25) is 0 Å². The van der Waals surface area contributed by atoms with Crippen molar-refractivity contribution >= 4 is 0 Å². The molecule has 0 saturated heterocycles. The summed E-state index contributed by atoms with van der Waals surface area (Å²) < 4.78 is 5.02. The minimum atomic E-state index is 0.742. The van der Waals surface area contributed by atoms with Gasteiger partial charge in [0.25, 0.3) is 0 Å². The molecule has 1 aliphatic rings. The largest absolute Gasteiger partial charge is 0.388 e. The molecule has 1 N–H and O–H groups in total. The van der Waals surface area contributed by atoms with Gasteiger partial charge in [0.2, 0.25) is 0 Å². The maximum absolute atomic E-state index is 9.15. The summed E-state index contributed by atoms with van der Waals surface area (Å²) in [5, 5.41) is 12.6. The third-order valence-corrected chi connectivity index (χ3v) is 2.98. The zero-order valence-electron chi connectivity index (χ0n) is 11.4. The van der Waals surface area contributed by atoms with E-state index in [0.717, 1.165) is 55.6 Å². The Kier molecular flexibility index (Phi) is 6.24. The first-order chi connectivity index (χ1) is 8.69. The molecule has 0 radical (unpaired) electrons. The molecule has 0 bridgehead atoms. The summed E-state index contributed by atoms with van der Waals surface area (Å²) >= 11 is 0. The number of nitriles is 1. The first kappa shape index (κ1) is 14.5. The van der Waals surface area contributed by atoms with E-state index in [4.69, 9.17) is 10.00 Å². The van der Waals surface area contributed by atoms with Gasteiger partial charge in [-0.15, -0.1) is 0 Å². The van der Waals surface area contributed by atoms with Crippen molar-refractivity contribution in [3.8, 4) is 6.07 Å². The number of ether oxygens (including phenoxy) is 1. The Labute approximate surface area is 110 Å². The van der Waals surface area contributed by atoms with Crippen LogP contribution in [0.3, 0.4) is 0 Å². The van der Waals surface area contributed by atoms with Gasteiger partial charge in [-0.1, -0.05) is 6.58 Å². The van der Waals surface area contributed by atoms with Gasteiger partial charge in [-0.3, -0.25) is 0 Å². The van der Waals surface area contributed by atoms with Crippen LogP contribution in [0.5, 0.6) is 0 Å². The molecule has 18 heavy (non-hydrogen) atoms. The second-order valence-corrected chi connectivity index (χ2v) is 4.59. The SMILES string of the molecule is C=C(C)/C(C#N)=C1\C=C(NCCCOC)CCC1. The van der Waals surface area contributed by atoms with Gasteiger partial charge in [-0.25, -0.2) is 0 Å². The number of rotatable bonds is 6. The number of hydrogen-bond donors (Lipinski definition) is 1. The lowest BCUT2D eigenvalue weighted by Crippen LogP contribution is -2.18. The summed E-state index contributed by atoms with van der Waals surface area (Å²) in [6, 6.07) is 2.26. The fourth-order valence-electron chi connectivity index (χ4n) is 2.07. The van der Waals surface area contributed by atoms with Gasteiger partial charge in [0.05, 0.1) is 11.6 Å². The van der Waals surface area contributed by atoms with Gasteiger partial charge in [0.15, 0.2) is 0 Å². The summed E-state index contributed by atoms with van der Waals surface area (Å²) in [4.78, 5) is 0. The molecule has 1 rings (SSSR count). The van der Waals surface area contributed by atoms with Crippen LogP contribution in [0.15, 0.2) is 35.1 Å². The average Bonchev–Trinajstić information content (AvgIpc) is 2.36. The highest BCUT2D eigenvalue weighted by molar-refractivity contribution is 5.48. The molecule has 98 valence electrons. The monoisotopic (exact) mass is 246 g/mol. The van der Waals surface area contributed by atoms with Gasteiger partial charge >= 0.3 is 0 Å². The summed E-state index contributed by atoms with van der Waals surface area (Å²) in [5.41, 5.74) is 3.93. The van der Waals surface area contributed by atoms with E-state index in [-0.39, 0.29) is 0 Å². The van der Waals surface area contributed by atoms with Crippen molar-refractivity contribution in [3.05, 3.63) is 35.1 Å². The molecule has 0 unspecified atom stereocenters. The van der Waals surface area contributed by atoms with Gasteiger partial charge < -0.3 is 10.1 Å². The standard InChI is InChI=1S/C15H22N2O/c1-12(2)15(11-16)13-6-4-7-14(10-13)17-8-5-9-18-3/h10,17H,1,4-9H2,2-3H3/b15-13-. The predicted octanol–water partition coefficient (Wildman–Crippen LogP) is 3.08. The molecule has 0 amide bonds. The van der Waals surface area contributed by atoms with Crippen LogP contribution in [0.25, 0.3) is 0 Å². The highest BCUT2D eigenvalue weighted by Gasteiger charge is 2.12. The second kappa shape index (κ2) is 7.73. The van der Waals surface area contributed by atoms with Gasteiger partial charge in [-0.2, -0.15) is 5.26 Å². The molecule has 0 aliphatic heterocycles. The van der Waals surface area contributed by atoms with Crippen molar-refractivity contribution in [1.82, 2.24) is 5.32 Å². The first-order valence-corrected chi connectivity index (χ1v) is 6.41. The van der Waals surface area contributed by atoms with Crippen LogP contribution >= 0.6 is 0 Å². The topological polar surface area (TPSA) is 45.0 Å². The Morgan fingerprint density at radius 1 is 1.56 bits per heavy atom. The van der Waals surface area contributed by atoms with E-state index in [0.29, 0.717) is 0 Å². The molecule has 0 aromatic rings. The lowest BCUT2D eigenvalue weighted by atomic mass is 9.93. The number of hydrogen-bond acceptors (Lipinski definition) is 3. The van der Waals surface area contributed by atoms with Crippen LogP contribution in [-0.4, -0.2) is 20.3 Å². The second-order valence-electron chi connectivity index (χ2n) is 4.59. The summed E-state index contributed by atoms with van der Waals surface area (Å²) in [6.45, 7) is 7.45. The maximum Gasteiger partial charge on any atom is 0.0997 e. The molecule has 3 heteroatoms. The van der Waals surface area contributed by atoms with Crippen LogP contribution in [0, 0.1) is 11.3 Å². The smallest absolute Gasteiger partial charge is 0.0997 e. The highest BCUT2D eigenvalue weighted by Crippen LogP contribution is 2.25. The van der Waals surface area contributed by atoms with Crippen molar-refractivity contribution in [2.24, 2.45) is 0 Å². The van der Waals surface area contributed by atoms with E-state index in [1.165, 1.54) is 5.70 Å². The molecule has 0 aromatic heterocycles. The highest BCUT2D eigenvalue weighted by atomic mass is 16.5.